The topological polar surface area (TPSA) is 115 Å². The number of hydrogen-bond acceptors (Lipinski definition) is 8. The molecule has 1 aromatic heterocycles. The summed E-state index contributed by atoms with van der Waals surface area (Å²) in [4.78, 5) is 28.8. The fourth-order valence-corrected chi connectivity index (χ4v) is 8.11. The molecule has 3 aliphatic heterocycles. The van der Waals surface area contributed by atoms with Gasteiger partial charge in [0.15, 0.2) is 5.82 Å². The Labute approximate surface area is 290 Å². The Morgan fingerprint density at radius 3 is 2.19 bits per heavy atom. The zero-order valence-corrected chi connectivity index (χ0v) is 30.4. The number of rotatable bonds is 5. The molecule has 10 nitrogen and oxygen atoms in total. The van der Waals surface area contributed by atoms with E-state index in [2.05, 4.69) is 60.8 Å². The van der Waals surface area contributed by atoms with Gasteiger partial charge in [0, 0.05) is 92.6 Å². The number of carbonyl (C=O) groups excluding carboxylic acids is 2. The van der Waals surface area contributed by atoms with Gasteiger partial charge in [0.2, 0.25) is 5.91 Å². The van der Waals surface area contributed by atoms with Gasteiger partial charge in [-0.1, -0.05) is 29.8 Å². The van der Waals surface area contributed by atoms with Gasteiger partial charge in [-0.15, -0.1) is 0 Å². The Bertz CT molecular complexity index is 1460. The minimum Gasteiger partial charge on any atom is -0.398 e. The van der Waals surface area contributed by atoms with E-state index >= 15 is 0 Å². The van der Waals surface area contributed by atoms with Crippen LogP contribution in [0.3, 0.4) is 0 Å². The SMILES string of the molecule is C=CC=O.CC(=O)N1CCN(C)CC1.Cc1c(-c2c(Cl)c(Cl)cc(N)c2C=N)c(N2CCCCC2(C)C)nn1C1CC2(C1)CN(C)C2. The van der Waals surface area contributed by atoms with E-state index in [4.69, 9.17) is 44.2 Å². The molecule has 3 N–H and O–H groups in total. The number of nitrogen functional groups attached to an aromatic ring is 1. The number of aldehydes is 1. The highest BCUT2D eigenvalue weighted by molar-refractivity contribution is 6.44. The first-order chi connectivity index (χ1) is 22.2. The number of anilines is 2. The summed E-state index contributed by atoms with van der Waals surface area (Å²) in [5.74, 6) is 1.14. The second kappa shape index (κ2) is 15.1. The van der Waals surface area contributed by atoms with Gasteiger partial charge in [-0.25, -0.2) is 0 Å². The summed E-state index contributed by atoms with van der Waals surface area (Å²) in [6.45, 7) is 18.6. The number of nitrogens with two attached hydrogens (primary N) is 1. The van der Waals surface area contributed by atoms with E-state index < -0.39 is 0 Å². The molecule has 0 atom stereocenters. The van der Waals surface area contributed by atoms with Gasteiger partial charge in [-0.3, -0.25) is 14.3 Å². The molecule has 258 valence electrons. The van der Waals surface area contributed by atoms with Crippen LogP contribution in [0.25, 0.3) is 11.1 Å². The van der Waals surface area contributed by atoms with Crippen molar-refractivity contribution >= 4 is 53.1 Å². The minimum absolute atomic E-state index is 0.0163. The molecule has 1 spiro atoms. The van der Waals surface area contributed by atoms with E-state index in [-0.39, 0.29) is 11.4 Å². The first kappa shape index (κ1) is 36.9. The molecule has 4 fully saturated rings. The highest BCUT2D eigenvalue weighted by Gasteiger charge is 2.52. The number of benzene rings is 1. The number of hydrogen-bond donors (Lipinski definition) is 2. The molecule has 1 amide bonds. The largest absolute Gasteiger partial charge is 0.398 e. The summed E-state index contributed by atoms with van der Waals surface area (Å²) in [5.41, 5.74) is 10.6. The van der Waals surface area contributed by atoms with Crippen LogP contribution in [0.2, 0.25) is 10.0 Å². The van der Waals surface area contributed by atoms with Gasteiger partial charge in [0.05, 0.1) is 16.1 Å². The first-order valence-corrected chi connectivity index (χ1v) is 17.3. The second-order valence-electron chi connectivity index (χ2n) is 14.3. The quantitative estimate of drug-likeness (QED) is 0.173. The molecule has 1 aromatic carbocycles. The van der Waals surface area contributed by atoms with Crippen molar-refractivity contribution in [2.24, 2.45) is 5.41 Å². The van der Waals surface area contributed by atoms with Gasteiger partial charge >= 0.3 is 0 Å². The fourth-order valence-electron chi connectivity index (χ4n) is 7.65. The zero-order chi connectivity index (χ0) is 34.7. The summed E-state index contributed by atoms with van der Waals surface area (Å²) in [5, 5.41) is 14.2. The van der Waals surface area contributed by atoms with E-state index in [0.717, 1.165) is 81.0 Å². The number of piperazine rings is 1. The Hall–Kier alpha value is -2.92. The normalized spacial score (nSPS) is 20.6. The molecule has 6 rings (SSSR count). The average molecular weight is 688 g/mol. The van der Waals surface area contributed by atoms with Crippen molar-refractivity contribution in [3.05, 3.63) is 40.0 Å². The van der Waals surface area contributed by atoms with E-state index in [1.165, 1.54) is 31.8 Å². The number of carbonyl (C=O) groups is 2. The van der Waals surface area contributed by atoms with Crippen molar-refractivity contribution in [3.8, 4) is 11.1 Å². The molecule has 47 heavy (non-hydrogen) atoms. The van der Waals surface area contributed by atoms with Crippen LogP contribution in [0.15, 0.2) is 18.7 Å². The Kier molecular flexibility index (Phi) is 11.9. The number of nitrogens with zero attached hydrogens (tertiary/aromatic N) is 6. The van der Waals surface area contributed by atoms with Crippen molar-refractivity contribution in [2.75, 3.05) is 70.5 Å². The van der Waals surface area contributed by atoms with Crippen LogP contribution >= 0.6 is 23.2 Å². The van der Waals surface area contributed by atoms with Gasteiger partial charge in [-0.2, -0.15) is 5.10 Å². The van der Waals surface area contributed by atoms with Crippen molar-refractivity contribution in [3.63, 3.8) is 0 Å². The van der Waals surface area contributed by atoms with Gasteiger partial charge in [0.25, 0.3) is 0 Å². The highest BCUT2D eigenvalue weighted by atomic mass is 35.5. The summed E-state index contributed by atoms with van der Waals surface area (Å²) in [6, 6.07) is 2.03. The van der Waals surface area contributed by atoms with Crippen molar-refractivity contribution in [1.29, 1.82) is 5.41 Å². The average Bonchev–Trinajstić information content (AvgIpc) is 3.31. The number of likely N-dealkylation sites (N-methyl/N-ethyl adjacent to an activating group) is 1. The first-order valence-electron chi connectivity index (χ1n) is 16.5. The van der Waals surface area contributed by atoms with Gasteiger partial charge < -0.3 is 30.7 Å². The summed E-state index contributed by atoms with van der Waals surface area (Å²) < 4.78 is 2.22. The lowest BCUT2D eigenvalue weighted by molar-refractivity contribution is -0.130. The predicted molar refractivity (Wildman–Crippen MR) is 194 cm³/mol. The number of amides is 1. The molecule has 0 radical (unpaired) electrons. The zero-order valence-electron chi connectivity index (χ0n) is 28.9. The third kappa shape index (κ3) is 7.88. The van der Waals surface area contributed by atoms with Crippen LogP contribution < -0.4 is 10.6 Å². The van der Waals surface area contributed by atoms with Crippen LogP contribution in [0, 0.1) is 17.7 Å². The Balaban J connectivity index is 0.000000298. The number of aromatic nitrogens is 2. The van der Waals surface area contributed by atoms with Crippen molar-refractivity contribution in [2.45, 2.75) is 71.4 Å². The van der Waals surface area contributed by atoms with Crippen LogP contribution in [0.4, 0.5) is 11.5 Å². The van der Waals surface area contributed by atoms with Crippen molar-refractivity contribution < 1.29 is 9.59 Å². The number of halogens is 2. The molecule has 1 saturated carbocycles. The van der Waals surface area contributed by atoms with Gasteiger partial charge in [0.1, 0.15) is 6.29 Å². The van der Waals surface area contributed by atoms with Crippen LogP contribution in [-0.2, 0) is 9.59 Å². The maximum Gasteiger partial charge on any atom is 0.219 e. The maximum absolute atomic E-state index is 10.8. The monoisotopic (exact) mass is 686 g/mol. The maximum atomic E-state index is 10.8. The van der Waals surface area contributed by atoms with Crippen LogP contribution in [0.1, 0.15) is 70.2 Å². The third-order valence-corrected chi connectivity index (χ3v) is 11.0. The predicted octanol–water partition coefficient (Wildman–Crippen LogP) is 5.93. The second-order valence-corrected chi connectivity index (χ2v) is 15.0. The fraction of sp³-hybridized carbons (Fsp3) is 0.600. The summed E-state index contributed by atoms with van der Waals surface area (Å²) >= 11 is 13.3. The van der Waals surface area contributed by atoms with Gasteiger partial charge in [-0.05, 0) is 84.5 Å². The molecule has 2 aromatic rings. The number of piperidine rings is 1. The third-order valence-electron chi connectivity index (χ3n) is 10.2. The number of allylic oxidation sites excluding steroid dienone is 1. The molecule has 3 saturated heterocycles. The molecule has 0 bridgehead atoms. The molecule has 12 heteroatoms. The van der Waals surface area contributed by atoms with Crippen LogP contribution in [-0.4, -0.2) is 108 Å². The molecular weight excluding hydrogens is 635 g/mol. The molecule has 4 heterocycles. The Morgan fingerprint density at radius 1 is 1.06 bits per heavy atom. The Morgan fingerprint density at radius 2 is 1.68 bits per heavy atom. The van der Waals surface area contributed by atoms with Crippen LogP contribution in [0.5, 0.6) is 0 Å². The van der Waals surface area contributed by atoms with E-state index in [1.807, 2.05) is 4.90 Å². The summed E-state index contributed by atoms with van der Waals surface area (Å²) in [7, 11) is 4.27. The number of likely N-dealkylation sites (tertiary alicyclic amines) is 1. The lowest BCUT2D eigenvalue weighted by atomic mass is 9.61. The van der Waals surface area contributed by atoms with E-state index in [9.17, 15) is 4.79 Å². The number of nitrogens with one attached hydrogen (secondary N) is 1. The lowest BCUT2D eigenvalue weighted by Gasteiger charge is -2.58. The minimum atomic E-state index is -0.0163. The summed E-state index contributed by atoms with van der Waals surface area (Å²) in [6.07, 6.45) is 8.90. The highest BCUT2D eigenvalue weighted by Crippen LogP contribution is 2.55. The molecule has 4 aliphatic rings. The molecule has 0 unspecified atom stereocenters. The standard InChI is InChI=1S/C25H34Cl2N6.C7H14N2O.C3H4O/c1-15-20(21-17(12-28)19(29)9-18(26)22(21)27)23(32-8-6-5-7-24(32,2)3)30-33(15)16-10-25(11-16)13-31(4)14-25;1-7(10)9-5-3-8(2)4-6-9;1-2-3-4/h9,12,16,28H,5-8,10-11,13-14,29H2,1-4H3;3-6H2,1-2H3;2-3H,1H2. The lowest BCUT2D eigenvalue weighted by Crippen LogP contribution is -2.60. The smallest absolute Gasteiger partial charge is 0.219 e. The van der Waals surface area contributed by atoms with Crippen molar-refractivity contribution in [1.82, 2.24) is 24.5 Å². The van der Waals surface area contributed by atoms with E-state index in [0.29, 0.717) is 39.0 Å². The van der Waals surface area contributed by atoms with E-state index in [1.54, 1.807) is 13.0 Å². The molecule has 1 aliphatic carbocycles. The molecular formula is C35H52Cl2N8O2.